The molecule has 0 aliphatic heterocycles. The van der Waals surface area contributed by atoms with Gasteiger partial charge in [0.05, 0.1) is 0 Å². The van der Waals surface area contributed by atoms with Gasteiger partial charge >= 0.3 is 5.97 Å². The van der Waals surface area contributed by atoms with Crippen molar-refractivity contribution in [1.82, 2.24) is 0 Å². The monoisotopic (exact) mass is 251 g/mol. The fourth-order valence-corrected chi connectivity index (χ4v) is 1.55. The first-order valence-electron chi connectivity index (χ1n) is 5.66. The number of carbonyl (C=O) groups is 1. The van der Waals surface area contributed by atoms with Crippen LogP contribution in [0.25, 0.3) is 0 Å². The Morgan fingerprint density at radius 1 is 1.31 bits per heavy atom. The molecule has 98 valence electrons. The first-order chi connectivity index (χ1) is 6.74. The Balaban J connectivity index is 0. The van der Waals surface area contributed by atoms with Crippen LogP contribution in [0, 0.1) is 11.8 Å². The number of rotatable bonds is 5. The van der Waals surface area contributed by atoms with E-state index in [0.717, 1.165) is 6.42 Å². The molecule has 0 saturated carbocycles. The Morgan fingerprint density at radius 2 is 1.81 bits per heavy atom. The van der Waals surface area contributed by atoms with Crippen LogP contribution >= 0.6 is 12.4 Å². The molecule has 0 spiro atoms. The van der Waals surface area contributed by atoms with E-state index in [4.69, 9.17) is 10.5 Å². The Labute approximate surface area is 106 Å². The lowest BCUT2D eigenvalue weighted by atomic mass is 9.94. The molecule has 3 nitrogen and oxygen atoms in total. The summed E-state index contributed by atoms with van der Waals surface area (Å²) in [5.41, 5.74) is 5.23. The Bertz CT molecular complexity index is 200. The average Bonchev–Trinajstić information content (AvgIpc) is 1.98. The molecule has 0 aliphatic carbocycles. The molecular formula is C12H26ClNO2. The highest BCUT2D eigenvalue weighted by Gasteiger charge is 2.20. The van der Waals surface area contributed by atoms with Crippen LogP contribution in [0.2, 0.25) is 0 Å². The minimum Gasteiger partial charge on any atom is -0.460 e. The number of hydrogen-bond donors (Lipinski definition) is 1. The fraction of sp³-hybridized carbons (Fsp3) is 0.917. The van der Waals surface area contributed by atoms with Crippen molar-refractivity contribution in [3.8, 4) is 0 Å². The van der Waals surface area contributed by atoms with Gasteiger partial charge in [-0.3, -0.25) is 4.79 Å². The first kappa shape index (κ1) is 18.1. The lowest BCUT2D eigenvalue weighted by Gasteiger charge is -2.22. The van der Waals surface area contributed by atoms with Crippen molar-refractivity contribution < 1.29 is 9.53 Å². The zero-order chi connectivity index (χ0) is 12.1. The highest BCUT2D eigenvalue weighted by molar-refractivity contribution is 5.85. The van der Waals surface area contributed by atoms with Gasteiger partial charge in [0, 0.05) is 6.42 Å². The van der Waals surface area contributed by atoms with Gasteiger partial charge in [0.25, 0.3) is 0 Å². The molecule has 0 amide bonds. The van der Waals surface area contributed by atoms with Gasteiger partial charge in [0.1, 0.15) is 5.60 Å². The molecule has 0 aromatic carbocycles. The van der Waals surface area contributed by atoms with Gasteiger partial charge in [-0.25, -0.2) is 0 Å². The minimum atomic E-state index is -0.395. The van der Waals surface area contributed by atoms with Crippen molar-refractivity contribution in [3.05, 3.63) is 0 Å². The molecule has 4 heteroatoms. The predicted molar refractivity (Wildman–Crippen MR) is 69.7 cm³/mol. The molecule has 1 atom stereocenters. The largest absolute Gasteiger partial charge is 0.460 e. The number of hydrogen-bond acceptors (Lipinski definition) is 3. The third kappa shape index (κ3) is 10.2. The third-order valence-electron chi connectivity index (χ3n) is 2.01. The zero-order valence-corrected chi connectivity index (χ0v) is 11.9. The van der Waals surface area contributed by atoms with E-state index in [0.29, 0.717) is 18.9 Å². The van der Waals surface area contributed by atoms with Crippen LogP contribution in [-0.2, 0) is 9.53 Å². The molecule has 0 heterocycles. The SMILES string of the molecule is CC(C)C[C@H](CN)CC(=O)OC(C)(C)C.Cl. The summed E-state index contributed by atoms with van der Waals surface area (Å²) in [5, 5.41) is 0. The minimum absolute atomic E-state index is 0. The highest BCUT2D eigenvalue weighted by Crippen LogP contribution is 2.17. The first-order valence-corrected chi connectivity index (χ1v) is 5.66. The summed E-state index contributed by atoms with van der Waals surface area (Å²) in [6.07, 6.45) is 1.42. The van der Waals surface area contributed by atoms with Crippen LogP contribution in [0.3, 0.4) is 0 Å². The predicted octanol–water partition coefficient (Wildman–Crippen LogP) is 2.76. The molecule has 0 saturated heterocycles. The number of halogens is 1. The molecule has 0 aromatic heterocycles. The molecule has 0 aromatic rings. The maximum Gasteiger partial charge on any atom is 0.306 e. The lowest BCUT2D eigenvalue weighted by molar-refractivity contribution is -0.156. The van der Waals surface area contributed by atoms with Crippen LogP contribution < -0.4 is 5.73 Å². The summed E-state index contributed by atoms with van der Waals surface area (Å²) in [6, 6.07) is 0. The van der Waals surface area contributed by atoms with Crippen LogP contribution in [0.5, 0.6) is 0 Å². The fourth-order valence-electron chi connectivity index (χ4n) is 1.55. The Kier molecular flexibility index (Phi) is 8.94. The molecular weight excluding hydrogens is 226 g/mol. The van der Waals surface area contributed by atoms with E-state index in [-0.39, 0.29) is 24.3 Å². The summed E-state index contributed by atoms with van der Waals surface area (Å²) in [6.45, 7) is 10.5. The van der Waals surface area contributed by atoms with Crippen LogP contribution in [-0.4, -0.2) is 18.1 Å². The van der Waals surface area contributed by atoms with Crippen LogP contribution in [0.4, 0.5) is 0 Å². The zero-order valence-electron chi connectivity index (χ0n) is 11.1. The standard InChI is InChI=1S/C12H25NO2.ClH/c1-9(2)6-10(8-13)7-11(14)15-12(3,4)5;/h9-10H,6-8,13H2,1-5H3;1H/t10-;/m0./s1. The van der Waals surface area contributed by atoms with Gasteiger partial charge in [-0.15, -0.1) is 12.4 Å². The van der Waals surface area contributed by atoms with E-state index in [1.54, 1.807) is 0 Å². The van der Waals surface area contributed by atoms with Crippen molar-refractivity contribution in [2.45, 2.75) is 53.1 Å². The van der Waals surface area contributed by atoms with Gasteiger partial charge in [0.2, 0.25) is 0 Å². The van der Waals surface area contributed by atoms with Crippen molar-refractivity contribution in [2.24, 2.45) is 17.6 Å². The van der Waals surface area contributed by atoms with Crippen LogP contribution in [0.15, 0.2) is 0 Å². The quantitative estimate of drug-likeness (QED) is 0.765. The highest BCUT2D eigenvalue weighted by atomic mass is 35.5. The number of carbonyl (C=O) groups excluding carboxylic acids is 1. The van der Waals surface area contributed by atoms with Crippen molar-refractivity contribution in [2.75, 3.05) is 6.54 Å². The number of ether oxygens (including phenoxy) is 1. The Hall–Kier alpha value is -0.280. The second kappa shape index (κ2) is 7.91. The summed E-state index contributed by atoms with van der Waals surface area (Å²) < 4.78 is 5.26. The smallest absolute Gasteiger partial charge is 0.306 e. The van der Waals surface area contributed by atoms with E-state index in [2.05, 4.69) is 13.8 Å². The summed E-state index contributed by atoms with van der Waals surface area (Å²) in [7, 11) is 0. The van der Waals surface area contributed by atoms with E-state index >= 15 is 0 Å². The molecule has 0 rings (SSSR count). The second-order valence-electron chi connectivity index (χ2n) is 5.52. The average molecular weight is 252 g/mol. The van der Waals surface area contributed by atoms with Gasteiger partial charge < -0.3 is 10.5 Å². The van der Waals surface area contributed by atoms with Gasteiger partial charge in [-0.05, 0) is 45.6 Å². The number of nitrogens with two attached hydrogens (primary N) is 1. The van der Waals surface area contributed by atoms with E-state index in [1.807, 2.05) is 20.8 Å². The Morgan fingerprint density at radius 3 is 2.12 bits per heavy atom. The number of esters is 1. The third-order valence-corrected chi connectivity index (χ3v) is 2.01. The molecule has 2 N–H and O–H groups in total. The normalized spacial score (nSPS) is 13.2. The van der Waals surface area contributed by atoms with Gasteiger partial charge in [0.15, 0.2) is 0 Å². The maximum atomic E-state index is 11.5. The van der Waals surface area contributed by atoms with Crippen molar-refractivity contribution >= 4 is 18.4 Å². The molecule has 0 unspecified atom stereocenters. The molecule has 0 fully saturated rings. The summed E-state index contributed by atoms with van der Waals surface area (Å²) >= 11 is 0. The maximum absolute atomic E-state index is 11.5. The topological polar surface area (TPSA) is 52.3 Å². The van der Waals surface area contributed by atoms with Crippen molar-refractivity contribution in [1.29, 1.82) is 0 Å². The van der Waals surface area contributed by atoms with Crippen LogP contribution in [0.1, 0.15) is 47.5 Å². The summed E-state index contributed by atoms with van der Waals surface area (Å²) in [5.74, 6) is 0.680. The molecule has 0 bridgehead atoms. The van der Waals surface area contributed by atoms with Gasteiger partial charge in [-0.1, -0.05) is 13.8 Å². The molecule has 16 heavy (non-hydrogen) atoms. The van der Waals surface area contributed by atoms with E-state index in [1.165, 1.54) is 0 Å². The summed E-state index contributed by atoms with van der Waals surface area (Å²) in [4.78, 5) is 11.5. The van der Waals surface area contributed by atoms with E-state index < -0.39 is 5.60 Å². The second-order valence-corrected chi connectivity index (χ2v) is 5.52. The molecule has 0 radical (unpaired) electrons. The van der Waals surface area contributed by atoms with E-state index in [9.17, 15) is 4.79 Å². The molecule has 0 aliphatic rings. The van der Waals surface area contributed by atoms with Gasteiger partial charge in [-0.2, -0.15) is 0 Å². The lowest BCUT2D eigenvalue weighted by Crippen LogP contribution is -2.27. The van der Waals surface area contributed by atoms with Crippen molar-refractivity contribution in [3.63, 3.8) is 0 Å².